The van der Waals surface area contributed by atoms with E-state index < -0.39 is 24.3 Å². The summed E-state index contributed by atoms with van der Waals surface area (Å²) in [5.74, 6) is -4.36. The molecule has 0 radical (unpaired) electrons. The van der Waals surface area contributed by atoms with Gasteiger partial charge >= 0.3 is 24.3 Å². The molecule has 0 amide bonds. The number of alkyl halides is 6. The molecule has 2 aliphatic heterocycles. The summed E-state index contributed by atoms with van der Waals surface area (Å²) in [6.07, 6.45) is -2.37. The Balaban J connectivity index is 0.000000244. The minimum atomic E-state index is -5.08. The van der Waals surface area contributed by atoms with Gasteiger partial charge in [-0.2, -0.15) is 26.3 Å². The van der Waals surface area contributed by atoms with Gasteiger partial charge in [-0.3, -0.25) is 9.88 Å². The first-order valence-corrected chi connectivity index (χ1v) is 11.2. The Morgan fingerprint density at radius 1 is 1.09 bits per heavy atom. The fourth-order valence-electron chi connectivity index (χ4n) is 3.52. The zero-order chi connectivity index (χ0) is 25.6. The fraction of sp³-hybridized carbons (Fsp3) is 0.650. The lowest BCUT2D eigenvalue weighted by Gasteiger charge is -2.53. The van der Waals surface area contributed by atoms with Gasteiger partial charge < -0.3 is 14.9 Å². The van der Waals surface area contributed by atoms with Crippen LogP contribution in [0.2, 0.25) is 0 Å². The molecule has 3 fully saturated rings. The lowest BCUT2D eigenvalue weighted by molar-refractivity contribution is -0.193. The van der Waals surface area contributed by atoms with Crippen LogP contribution >= 0.6 is 11.8 Å². The van der Waals surface area contributed by atoms with Crippen LogP contribution in [0.15, 0.2) is 24.4 Å². The van der Waals surface area contributed by atoms with Gasteiger partial charge in [0, 0.05) is 35.8 Å². The predicted octanol–water partition coefficient (Wildman–Crippen LogP) is 3.98. The number of carbonyl (C=O) groups is 2. The number of hydrogen-bond donors (Lipinski definition) is 2. The summed E-state index contributed by atoms with van der Waals surface area (Å²) in [6, 6.07) is 6.93. The molecule has 1 atom stereocenters. The van der Waals surface area contributed by atoms with Gasteiger partial charge in [0.15, 0.2) is 0 Å². The van der Waals surface area contributed by atoms with Gasteiger partial charge in [-0.25, -0.2) is 9.59 Å². The summed E-state index contributed by atoms with van der Waals surface area (Å²) in [6.45, 7) is 3.26. The van der Waals surface area contributed by atoms with E-state index in [1.54, 1.807) is 0 Å². The van der Waals surface area contributed by atoms with Crippen LogP contribution in [0.4, 0.5) is 26.3 Å². The first-order chi connectivity index (χ1) is 15.7. The van der Waals surface area contributed by atoms with Crippen molar-refractivity contribution in [3.63, 3.8) is 0 Å². The zero-order valence-corrected chi connectivity index (χ0v) is 18.6. The third-order valence-electron chi connectivity index (χ3n) is 5.43. The molecular weight excluding hydrogens is 494 g/mol. The molecule has 34 heavy (non-hydrogen) atoms. The number of rotatable bonds is 4. The number of likely N-dealkylation sites (tertiary alicyclic amines) is 1. The van der Waals surface area contributed by atoms with Crippen molar-refractivity contribution in [1.29, 1.82) is 0 Å². The third-order valence-corrected chi connectivity index (χ3v) is 7.00. The quantitative estimate of drug-likeness (QED) is 0.578. The molecular formula is C20H24F6N2O5S. The SMILES string of the molecule is O=C(O)C(F)(F)F.O=C(O)C(F)(F)F.c1ccc(COC2CSC3(C2)CN(C2CCC2)C3)nc1. The van der Waals surface area contributed by atoms with E-state index in [4.69, 9.17) is 24.5 Å². The van der Waals surface area contributed by atoms with Crippen LogP contribution in [0.1, 0.15) is 31.4 Å². The normalized spacial score (nSPS) is 21.9. The lowest BCUT2D eigenvalue weighted by Crippen LogP contribution is -2.63. The molecule has 2 saturated heterocycles. The molecule has 14 heteroatoms. The molecule has 192 valence electrons. The zero-order valence-electron chi connectivity index (χ0n) is 17.8. The van der Waals surface area contributed by atoms with Crippen molar-refractivity contribution in [2.24, 2.45) is 0 Å². The molecule has 1 unspecified atom stereocenters. The number of hydrogen-bond acceptors (Lipinski definition) is 6. The Labute approximate surface area is 195 Å². The largest absolute Gasteiger partial charge is 0.490 e. The first kappa shape index (κ1) is 28.2. The van der Waals surface area contributed by atoms with Crippen molar-refractivity contribution in [1.82, 2.24) is 9.88 Å². The molecule has 7 nitrogen and oxygen atoms in total. The monoisotopic (exact) mass is 518 g/mol. The van der Waals surface area contributed by atoms with Gasteiger partial charge in [0.05, 0.1) is 18.4 Å². The minimum Gasteiger partial charge on any atom is -0.475 e. The molecule has 1 aromatic rings. The Morgan fingerprint density at radius 3 is 2.06 bits per heavy atom. The molecule has 1 saturated carbocycles. The van der Waals surface area contributed by atoms with Gasteiger partial charge in [0.2, 0.25) is 0 Å². The van der Waals surface area contributed by atoms with Gasteiger partial charge in [0.1, 0.15) is 0 Å². The van der Waals surface area contributed by atoms with E-state index in [1.807, 2.05) is 24.4 Å². The molecule has 4 rings (SSSR count). The summed E-state index contributed by atoms with van der Waals surface area (Å²) >= 11 is 2.14. The molecule has 0 aromatic carbocycles. The maximum Gasteiger partial charge on any atom is 0.490 e. The van der Waals surface area contributed by atoms with Crippen molar-refractivity contribution in [2.75, 3.05) is 18.8 Å². The van der Waals surface area contributed by atoms with Crippen LogP contribution in [0.5, 0.6) is 0 Å². The molecule has 1 aromatic heterocycles. The van der Waals surface area contributed by atoms with Crippen LogP contribution in [0, 0.1) is 0 Å². The number of thioether (sulfide) groups is 1. The predicted molar refractivity (Wildman–Crippen MR) is 109 cm³/mol. The number of halogens is 6. The Bertz CT molecular complexity index is 790. The van der Waals surface area contributed by atoms with Crippen molar-refractivity contribution in [3.05, 3.63) is 30.1 Å². The van der Waals surface area contributed by atoms with E-state index in [2.05, 4.69) is 21.6 Å². The molecule has 0 bridgehead atoms. The van der Waals surface area contributed by atoms with E-state index >= 15 is 0 Å². The summed E-state index contributed by atoms with van der Waals surface area (Å²) in [4.78, 5) is 24.8. The molecule has 3 heterocycles. The van der Waals surface area contributed by atoms with Gasteiger partial charge in [-0.1, -0.05) is 12.5 Å². The maximum atomic E-state index is 10.6. The number of aromatic nitrogens is 1. The molecule has 3 aliphatic rings. The summed E-state index contributed by atoms with van der Waals surface area (Å²) in [5.41, 5.74) is 1.04. The first-order valence-electron chi connectivity index (χ1n) is 10.2. The molecule has 1 spiro atoms. The highest BCUT2D eigenvalue weighted by Gasteiger charge is 2.51. The summed E-state index contributed by atoms with van der Waals surface area (Å²) in [7, 11) is 0. The van der Waals surface area contributed by atoms with Crippen LogP contribution in [0.3, 0.4) is 0 Å². The number of carboxylic acid groups (broad SMARTS) is 2. The van der Waals surface area contributed by atoms with Gasteiger partial charge in [-0.15, -0.1) is 11.8 Å². The second kappa shape index (κ2) is 11.6. The maximum absolute atomic E-state index is 10.6. The van der Waals surface area contributed by atoms with Gasteiger partial charge in [-0.05, 0) is 31.4 Å². The van der Waals surface area contributed by atoms with Crippen molar-refractivity contribution in [2.45, 2.75) is 61.5 Å². The van der Waals surface area contributed by atoms with E-state index in [-0.39, 0.29) is 0 Å². The Morgan fingerprint density at radius 2 is 1.65 bits per heavy atom. The van der Waals surface area contributed by atoms with Crippen molar-refractivity contribution >= 4 is 23.7 Å². The summed E-state index contributed by atoms with van der Waals surface area (Å²) < 4.78 is 70.0. The smallest absolute Gasteiger partial charge is 0.475 e. The van der Waals surface area contributed by atoms with E-state index in [9.17, 15) is 26.3 Å². The second-order valence-corrected chi connectivity index (χ2v) is 9.54. The lowest BCUT2D eigenvalue weighted by atomic mass is 9.84. The van der Waals surface area contributed by atoms with Crippen LogP contribution in [-0.4, -0.2) is 80.1 Å². The van der Waals surface area contributed by atoms with E-state index in [1.165, 1.54) is 38.8 Å². The average molecular weight is 518 g/mol. The number of pyridine rings is 1. The average Bonchev–Trinajstić information content (AvgIpc) is 3.10. The number of aliphatic carboxylic acids is 2. The second-order valence-electron chi connectivity index (χ2n) is 8.05. The number of ether oxygens (including phenoxy) is 1. The van der Waals surface area contributed by atoms with E-state index in [0.717, 1.165) is 17.5 Å². The van der Waals surface area contributed by atoms with E-state index in [0.29, 0.717) is 17.5 Å². The van der Waals surface area contributed by atoms with Crippen LogP contribution < -0.4 is 0 Å². The topological polar surface area (TPSA) is 100.0 Å². The van der Waals surface area contributed by atoms with Crippen LogP contribution in [0.25, 0.3) is 0 Å². The van der Waals surface area contributed by atoms with Crippen molar-refractivity contribution < 1.29 is 50.9 Å². The Hall–Kier alpha value is -2.06. The van der Waals surface area contributed by atoms with Crippen molar-refractivity contribution in [3.8, 4) is 0 Å². The fourth-order valence-corrected chi connectivity index (χ4v) is 5.09. The summed E-state index contributed by atoms with van der Waals surface area (Å²) in [5, 5.41) is 14.2. The standard InChI is InChI=1S/C16H22N2OS.2C2HF3O2/c1-2-7-17-13(4-1)9-19-15-8-16(20-10-15)11-18(12-16)14-5-3-6-14;2*3-2(4,5)1(6)7/h1-2,4,7,14-15H,3,5-6,8-12H2;2*(H,6,7). The minimum absolute atomic E-state index is 0.422. The number of nitrogens with zero attached hydrogens (tertiary/aromatic N) is 2. The molecule has 1 aliphatic carbocycles. The highest BCUT2D eigenvalue weighted by molar-refractivity contribution is 8.01. The Kier molecular flexibility index (Phi) is 9.60. The molecule has 2 N–H and O–H groups in total. The number of carboxylic acids is 2. The third kappa shape index (κ3) is 8.62. The van der Waals surface area contributed by atoms with Crippen LogP contribution in [-0.2, 0) is 20.9 Å². The van der Waals surface area contributed by atoms with Gasteiger partial charge in [0.25, 0.3) is 0 Å². The highest BCUT2D eigenvalue weighted by Crippen LogP contribution is 2.48. The highest BCUT2D eigenvalue weighted by atomic mass is 32.2.